The van der Waals surface area contributed by atoms with Crippen LogP contribution in [0.15, 0.2) is 23.2 Å². The maximum absolute atomic E-state index is 12.8. The van der Waals surface area contributed by atoms with Gasteiger partial charge in [0.05, 0.1) is 11.2 Å². The van der Waals surface area contributed by atoms with Gasteiger partial charge in [-0.2, -0.15) is 4.31 Å². The molecule has 6 nitrogen and oxygen atoms in total. The van der Waals surface area contributed by atoms with Crippen LogP contribution >= 0.6 is 0 Å². The smallest absolute Gasteiger partial charge is 0.244 e. The van der Waals surface area contributed by atoms with Crippen molar-refractivity contribution in [3.05, 3.63) is 18.3 Å². The first-order valence-electron chi connectivity index (χ1n) is 6.90. The van der Waals surface area contributed by atoms with Crippen molar-refractivity contribution in [3.63, 3.8) is 0 Å². The van der Waals surface area contributed by atoms with Gasteiger partial charge in [0.15, 0.2) is 0 Å². The molecule has 1 aromatic rings. The van der Waals surface area contributed by atoms with Gasteiger partial charge in [0.1, 0.15) is 10.7 Å². The van der Waals surface area contributed by atoms with Crippen LogP contribution in [0, 0.1) is 0 Å². The Balaban J connectivity index is 2.33. The number of nitrogens with one attached hydrogen (secondary N) is 1. The molecule has 0 unspecified atom stereocenters. The zero-order valence-corrected chi connectivity index (χ0v) is 14.0. The van der Waals surface area contributed by atoms with Crippen LogP contribution in [0.3, 0.4) is 0 Å². The first kappa shape index (κ1) is 16.2. The van der Waals surface area contributed by atoms with E-state index >= 15 is 0 Å². The van der Waals surface area contributed by atoms with Crippen molar-refractivity contribution >= 4 is 15.8 Å². The van der Waals surface area contributed by atoms with Gasteiger partial charge >= 0.3 is 0 Å². The molecule has 1 aliphatic rings. The van der Waals surface area contributed by atoms with Crippen molar-refractivity contribution in [2.24, 2.45) is 0 Å². The predicted octanol–water partition coefficient (Wildman–Crippen LogP) is 1.70. The van der Waals surface area contributed by atoms with Crippen LogP contribution in [-0.2, 0) is 14.8 Å². The van der Waals surface area contributed by atoms with Gasteiger partial charge in [-0.1, -0.05) is 0 Å². The van der Waals surface area contributed by atoms with Gasteiger partial charge in [-0.3, -0.25) is 0 Å². The van der Waals surface area contributed by atoms with Crippen LogP contribution in [0.4, 0.5) is 5.82 Å². The average molecular weight is 313 g/mol. The summed E-state index contributed by atoms with van der Waals surface area (Å²) >= 11 is 0. The summed E-state index contributed by atoms with van der Waals surface area (Å²) in [5, 5.41) is 2.87. The normalized spacial score (nSPS) is 22.0. The lowest BCUT2D eigenvalue weighted by atomic mass is 10.0. The van der Waals surface area contributed by atoms with E-state index in [0.717, 1.165) is 0 Å². The van der Waals surface area contributed by atoms with Crippen LogP contribution in [0.5, 0.6) is 0 Å². The molecule has 7 heteroatoms. The second-order valence-corrected chi connectivity index (χ2v) is 8.46. The highest BCUT2D eigenvalue weighted by Crippen LogP contribution is 2.31. The Morgan fingerprint density at radius 3 is 2.19 bits per heavy atom. The van der Waals surface area contributed by atoms with Crippen LogP contribution < -0.4 is 5.32 Å². The summed E-state index contributed by atoms with van der Waals surface area (Å²) in [7, 11) is -1.83. The highest BCUT2D eigenvalue weighted by atomic mass is 32.2. The molecule has 1 fully saturated rings. The zero-order valence-electron chi connectivity index (χ0n) is 13.2. The van der Waals surface area contributed by atoms with E-state index in [-0.39, 0.29) is 4.90 Å². The van der Waals surface area contributed by atoms with Gasteiger partial charge in [0.25, 0.3) is 0 Å². The SMILES string of the molecule is CNc1ccc(S(=O)(=O)N2CC(C)(C)OC(C)(C)C2)cn1. The molecular weight excluding hydrogens is 290 g/mol. The van der Waals surface area contributed by atoms with Crippen LogP contribution in [0.25, 0.3) is 0 Å². The fraction of sp³-hybridized carbons (Fsp3) is 0.643. The van der Waals surface area contributed by atoms with Crippen molar-refractivity contribution in [2.45, 2.75) is 43.8 Å². The lowest BCUT2D eigenvalue weighted by Gasteiger charge is -2.46. The van der Waals surface area contributed by atoms with Gasteiger partial charge in [-0.15, -0.1) is 0 Å². The number of anilines is 1. The molecule has 118 valence electrons. The zero-order chi connectivity index (χ0) is 15.9. The third kappa shape index (κ3) is 3.53. The molecule has 0 atom stereocenters. The molecule has 1 aliphatic heterocycles. The first-order chi connectivity index (χ1) is 9.56. The Morgan fingerprint density at radius 2 is 1.76 bits per heavy atom. The molecule has 2 rings (SSSR count). The molecule has 0 radical (unpaired) electrons. The molecule has 1 aromatic heterocycles. The summed E-state index contributed by atoms with van der Waals surface area (Å²) in [4.78, 5) is 4.29. The summed E-state index contributed by atoms with van der Waals surface area (Å²) < 4.78 is 33.0. The largest absolute Gasteiger partial charge is 0.373 e. The quantitative estimate of drug-likeness (QED) is 0.919. The van der Waals surface area contributed by atoms with E-state index in [1.807, 2.05) is 27.7 Å². The number of sulfonamides is 1. The molecule has 1 N–H and O–H groups in total. The molecule has 0 saturated carbocycles. The molecule has 2 heterocycles. The Hall–Kier alpha value is -1.18. The molecule has 21 heavy (non-hydrogen) atoms. The minimum Gasteiger partial charge on any atom is -0.373 e. The second kappa shape index (κ2) is 5.23. The molecule has 0 aliphatic carbocycles. The Kier molecular flexibility index (Phi) is 4.03. The number of morpholine rings is 1. The van der Waals surface area contributed by atoms with Crippen LogP contribution in [-0.4, -0.2) is 49.0 Å². The van der Waals surface area contributed by atoms with Gasteiger partial charge in [-0.25, -0.2) is 13.4 Å². The van der Waals surface area contributed by atoms with E-state index in [1.165, 1.54) is 10.5 Å². The van der Waals surface area contributed by atoms with Crippen LogP contribution in [0.1, 0.15) is 27.7 Å². The van der Waals surface area contributed by atoms with Crippen molar-refractivity contribution < 1.29 is 13.2 Å². The lowest BCUT2D eigenvalue weighted by molar-refractivity contribution is -0.163. The van der Waals surface area contributed by atoms with Crippen molar-refractivity contribution in [1.82, 2.24) is 9.29 Å². The number of pyridine rings is 1. The van der Waals surface area contributed by atoms with E-state index in [2.05, 4.69) is 10.3 Å². The fourth-order valence-electron chi connectivity index (χ4n) is 2.72. The third-order valence-electron chi connectivity index (χ3n) is 3.30. The number of hydrogen-bond acceptors (Lipinski definition) is 5. The minimum atomic E-state index is -3.57. The highest BCUT2D eigenvalue weighted by Gasteiger charge is 2.43. The molecule has 0 bridgehead atoms. The molecule has 0 amide bonds. The predicted molar refractivity (Wildman–Crippen MR) is 81.8 cm³/mol. The number of ether oxygens (including phenoxy) is 1. The van der Waals surface area contributed by atoms with Gasteiger partial charge in [0, 0.05) is 26.3 Å². The summed E-state index contributed by atoms with van der Waals surface area (Å²) in [6, 6.07) is 3.23. The summed E-state index contributed by atoms with van der Waals surface area (Å²) in [5.41, 5.74) is -1.04. The molecule has 0 aromatic carbocycles. The second-order valence-electron chi connectivity index (χ2n) is 6.52. The summed E-state index contributed by atoms with van der Waals surface area (Å²) in [6.07, 6.45) is 1.39. The standard InChI is InChI=1S/C14H23N3O3S/c1-13(2)9-17(10-14(3,4)20-13)21(18,19)11-6-7-12(15-5)16-8-11/h6-8H,9-10H2,1-5H3,(H,15,16). The Bertz CT molecular complexity index is 593. The van der Waals surface area contributed by atoms with E-state index in [4.69, 9.17) is 4.74 Å². The van der Waals surface area contributed by atoms with E-state index < -0.39 is 21.2 Å². The van der Waals surface area contributed by atoms with Gasteiger partial charge in [-0.05, 0) is 39.8 Å². The van der Waals surface area contributed by atoms with E-state index in [0.29, 0.717) is 18.9 Å². The number of aromatic nitrogens is 1. The highest BCUT2D eigenvalue weighted by molar-refractivity contribution is 7.89. The number of nitrogens with zero attached hydrogens (tertiary/aromatic N) is 2. The molecule has 1 saturated heterocycles. The first-order valence-corrected chi connectivity index (χ1v) is 8.34. The van der Waals surface area contributed by atoms with Gasteiger partial charge in [0.2, 0.25) is 10.0 Å². The minimum absolute atomic E-state index is 0.204. The van der Waals surface area contributed by atoms with Crippen LogP contribution in [0.2, 0.25) is 0 Å². The maximum atomic E-state index is 12.8. The molecular formula is C14H23N3O3S. The summed E-state index contributed by atoms with van der Waals surface area (Å²) in [5.74, 6) is 0.636. The monoisotopic (exact) mass is 313 g/mol. The van der Waals surface area contributed by atoms with Crippen molar-refractivity contribution in [1.29, 1.82) is 0 Å². The van der Waals surface area contributed by atoms with E-state index in [9.17, 15) is 8.42 Å². The van der Waals surface area contributed by atoms with Gasteiger partial charge < -0.3 is 10.1 Å². The number of hydrogen-bond donors (Lipinski definition) is 1. The average Bonchev–Trinajstić information content (AvgIpc) is 2.35. The molecule has 0 spiro atoms. The van der Waals surface area contributed by atoms with Crippen molar-refractivity contribution in [2.75, 3.05) is 25.5 Å². The fourth-order valence-corrected chi connectivity index (χ4v) is 4.40. The lowest BCUT2D eigenvalue weighted by Crippen LogP contribution is -2.58. The maximum Gasteiger partial charge on any atom is 0.244 e. The van der Waals surface area contributed by atoms with E-state index in [1.54, 1.807) is 19.2 Å². The third-order valence-corrected chi connectivity index (χ3v) is 5.07. The van der Waals surface area contributed by atoms with Crippen molar-refractivity contribution in [3.8, 4) is 0 Å². The topological polar surface area (TPSA) is 71.5 Å². The Labute approximate surface area is 126 Å². The Morgan fingerprint density at radius 1 is 1.19 bits per heavy atom. The number of rotatable bonds is 3. The summed E-state index contributed by atoms with van der Waals surface area (Å²) in [6.45, 7) is 8.26.